The number of Topliss-reactive ketones (excluding diaryl/α,β-unsaturated/α-hetero) is 1. The first-order valence-electron chi connectivity index (χ1n) is 10.3. The maximum absolute atomic E-state index is 12.7. The second kappa shape index (κ2) is 9.96. The predicted molar refractivity (Wildman–Crippen MR) is 105 cm³/mol. The van der Waals surface area contributed by atoms with E-state index < -0.39 is 18.1 Å². The molecule has 0 saturated carbocycles. The summed E-state index contributed by atoms with van der Waals surface area (Å²) in [5.41, 5.74) is 0. The van der Waals surface area contributed by atoms with E-state index in [-0.39, 0.29) is 42.4 Å². The van der Waals surface area contributed by atoms with Crippen LogP contribution in [0.15, 0.2) is 0 Å². The Labute approximate surface area is 171 Å². The molecule has 0 radical (unpaired) electrons. The Hall–Kier alpha value is -2.29. The zero-order chi connectivity index (χ0) is 21.7. The monoisotopic (exact) mass is 408 g/mol. The minimum atomic E-state index is -0.798. The number of hydrogen-bond acceptors (Lipinski definition) is 6. The van der Waals surface area contributed by atoms with Gasteiger partial charge in [-0.15, -0.1) is 0 Å². The highest BCUT2D eigenvalue weighted by molar-refractivity contribution is 6.01. The number of unbranched alkanes of at least 4 members (excludes halogenated alkanes) is 1. The van der Waals surface area contributed by atoms with Gasteiger partial charge >= 0.3 is 0 Å². The maximum Gasteiger partial charge on any atom is 0.258 e. The minimum absolute atomic E-state index is 0.151. The second-order valence-corrected chi connectivity index (χ2v) is 8.33. The summed E-state index contributed by atoms with van der Waals surface area (Å²) in [5.74, 6) is -0.741. The standard InChI is InChI=1S/C20H32N4O5/c1-12(2)11-15-19(28)22-18(23(15)4)20(29)21-14(13(3)25)7-5-6-10-24-16(26)8-9-17(24)27/h12,14-15,18H,5-11H2,1-4H3,(H,21,29)(H,22,28)/t14-,15-,18?/m0/s1. The smallest absolute Gasteiger partial charge is 0.258 e. The van der Waals surface area contributed by atoms with Crippen LogP contribution in [0.1, 0.15) is 59.3 Å². The summed E-state index contributed by atoms with van der Waals surface area (Å²) in [6.45, 7) is 5.79. The number of carbonyl (C=O) groups is 5. The van der Waals surface area contributed by atoms with Crippen molar-refractivity contribution in [1.82, 2.24) is 20.4 Å². The highest BCUT2D eigenvalue weighted by Gasteiger charge is 2.41. The molecule has 9 heteroatoms. The zero-order valence-electron chi connectivity index (χ0n) is 17.7. The quantitative estimate of drug-likeness (QED) is 0.394. The molecule has 162 valence electrons. The molecule has 2 saturated heterocycles. The van der Waals surface area contributed by atoms with Crippen molar-refractivity contribution in [2.24, 2.45) is 5.92 Å². The number of nitrogens with zero attached hydrogens (tertiary/aromatic N) is 2. The Morgan fingerprint density at radius 1 is 1.14 bits per heavy atom. The molecule has 2 fully saturated rings. The molecule has 29 heavy (non-hydrogen) atoms. The van der Waals surface area contributed by atoms with Gasteiger partial charge in [-0.05, 0) is 45.6 Å². The second-order valence-electron chi connectivity index (χ2n) is 8.33. The van der Waals surface area contributed by atoms with Crippen molar-refractivity contribution in [1.29, 1.82) is 0 Å². The van der Waals surface area contributed by atoms with Crippen LogP contribution in [0.5, 0.6) is 0 Å². The molecule has 0 aromatic carbocycles. The lowest BCUT2D eigenvalue weighted by atomic mass is 10.0. The van der Waals surface area contributed by atoms with Crippen LogP contribution < -0.4 is 10.6 Å². The number of likely N-dealkylation sites (N-methyl/N-ethyl adjacent to an activating group) is 1. The minimum Gasteiger partial charge on any atom is -0.343 e. The summed E-state index contributed by atoms with van der Waals surface area (Å²) in [4.78, 5) is 63.0. The molecule has 4 amide bonds. The van der Waals surface area contributed by atoms with Gasteiger partial charge in [0.2, 0.25) is 17.7 Å². The number of rotatable bonds is 10. The molecule has 3 atom stereocenters. The molecule has 0 aromatic rings. The van der Waals surface area contributed by atoms with E-state index in [2.05, 4.69) is 10.6 Å². The van der Waals surface area contributed by atoms with Crippen LogP contribution in [0.2, 0.25) is 0 Å². The van der Waals surface area contributed by atoms with Crippen LogP contribution in [0, 0.1) is 5.92 Å². The summed E-state index contributed by atoms with van der Waals surface area (Å²) >= 11 is 0. The fraction of sp³-hybridized carbons (Fsp3) is 0.750. The highest BCUT2D eigenvalue weighted by Crippen LogP contribution is 2.18. The SMILES string of the molecule is CC(=O)[C@H](CCCCN1C(=O)CCC1=O)NC(=O)C1NC(=O)[C@H](CC(C)C)N1C. The summed E-state index contributed by atoms with van der Waals surface area (Å²) < 4.78 is 0. The topological polar surface area (TPSA) is 116 Å². The van der Waals surface area contributed by atoms with Gasteiger partial charge in [0.05, 0.1) is 12.1 Å². The van der Waals surface area contributed by atoms with E-state index in [0.29, 0.717) is 38.1 Å². The van der Waals surface area contributed by atoms with Crippen molar-refractivity contribution >= 4 is 29.4 Å². The third kappa shape index (κ3) is 5.85. The molecule has 0 bridgehead atoms. The lowest BCUT2D eigenvalue weighted by Gasteiger charge is -2.25. The predicted octanol–water partition coefficient (Wildman–Crippen LogP) is 0.182. The number of amides is 4. The number of nitrogens with one attached hydrogen (secondary N) is 2. The van der Waals surface area contributed by atoms with Crippen LogP contribution >= 0.6 is 0 Å². The van der Waals surface area contributed by atoms with Gasteiger partial charge in [0.1, 0.15) is 0 Å². The number of ketones is 1. The van der Waals surface area contributed by atoms with Crippen LogP contribution in [-0.2, 0) is 24.0 Å². The lowest BCUT2D eigenvalue weighted by Crippen LogP contribution is -2.52. The van der Waals surface area contributed by atoms with E-state index in [9.17, 15) is 24.0 Å². The summed E-state index contributed by atoms with van der Waals surface area (Å²) in [5, 5.41) is 5.44. The van der Waals surface area contributed by atoms with E-state index in [0.717, 1.165) is 0 Å². The first-order chi connectivity index (χ1) is 13.6. The molecule has 2 aliphatic heterocycles. The third-order valence-electron chi connectivity index (χ3n) is 5.51. The Kier molecular flexibility index (Phi) is 7.89. The van der Waals surface area contributed by atoms with Crippen LogP contribution in [0.4, 0.5) is 0 Å². The molecular weight excluding hydrogens is 376 g/mol. The van der Waals surface area contributed by atoms with Gasteiger partial charge < -0.3 is 10.6 Å². The van der Waals surface area contributed by atoms with Gasteiger partial charge in [-0.3, -0.25) is 33.8 Å². The maximum atomic E-state index is 12.7. The Balaban J connectivity index is 1.84. The zero-order valence-corrected chi connectivity index (χ0v) is 17.7. The summed E-state index contributed by atoms with van der Waals surface area (Å²) in [6.07, 6.45) is 1.96. The van der Waals surface area contributed by atoms with E-state index in [4.69, 9.17) is 0 Å². The number of carbonyl (C=O) groups excluding carboxylic acids is 5. The third-order valence-corrected chi connectivity index (χ3v) is 5.51. The van der Waals surface area contributed by atoms with Crippen LogP contribution in [0.25, 0.3) is 0 Å². The van der Waals surface area contributed by atoms with Crippen molar-refractivity contribution in [2.75, 3.05) is 13.6 Å². The fourth-order valence-corrected chi connectivity index (χ4v) is 3.79. The van der Waals surface area contributed by atoms with Gasteiger partial charge in [-0.25, -0.2) is 0 Å². The molecule has 0 aromatic heterocycles. The first-order valence-corrected chi connectivity index (χ1v) is 10.3. The fourth-order valence-electron chi connectivity index (χ4n) is 3.79. The lowest BCUT2D eigenvalue weighted by molar-refractivity contribution is -0.138. The average Bonchev–Trinajstić information content (AvgIpc) is 3.10. The Morgan fingerprint density at radius 3 is 2.31 bits per heavy atom. The van der Waals surface area contributed by atoms with E-state index in [1.54, 1.807) is 11.9 Å². The van der Waals surface area contributed by atoms with Crippen LogP contribution in [-0.4, -0.2) is 71.1 Å². The molecule has 0 spiro atoms. The van der Waals surface area contributed by atoms with Gasteiger partial charge in [-0.1, -0.05) is 13.8 Å². The largest absolute Gasteiger partial charge is 0.343 e. The summed E-state index contributed by atoms with van der Waals surface area (Å²) in [7, 11) is 1.72. The average molecular weight is 408 g/mol. The normalized spacial score (nSPS) is 23.6. The van der Waals surface area contributed by atoms with E-state index in [1.807, 2.05) is 13.8 Å². The number of likely N-dealkylation sites (tertiary alicyclic amines) is 1. The number of hydrogen-bond donors (Lipinski definition) is 2. The van der Waals surface area contributed by atoms with Crippen molar-refractivity contribution in [3.05, 3.63) is 0 Å². The van der Waals surface area contributed by atoms with Gasteiger partial charge in [0.15, 0.2) is 11.9 Å². The Bertz CT molecular complexity index is 662. The van der Waals surface area contributed by atoms with E-state index >= 15 is 0 Å². The van der Waals surface area contributed by atoms with E-state index in [1.165, 1.54) is 11.8 Å². The van der Waals surface area contributed by atoms with Gasteiger partial charge in [0.25, 0.3) is 5.91 Å². The molecule has 2 rings (SSSR count). The van der Waals surface area contributed by atoms with Crippen molar-refractivity contribution < 1.29 is 24.0 Å². The summed E-state index contributed by atoms with van der Waals surface area (Å²) in [6, 6.07) is -1.03. The molecular formula is C20H32N4O5. The van der Waals surface area contributed by atoms with Crippen molar-refractivity contribution in [2.45, 2.75) is 77.5 Å². The number of imide groups is 1. The molecule has 2 N–H and O–H groups in total. The Morgan fingerprint density at radius 2 is 1.76 bits per heavy atom. The van der Waals surface area contributed by atoms with Crippen molar-refractivity contribution in [3.8, 4) is 0 Å². The van der Waals surface area contributed by atoms with Gasteiger partial charge in [-0.2, -0.15) is 0 Å². The van der Waals surface area contributed by atoms with Gasteiger partial charge in [0, 0.05) is 19.4 Å². The first kappa shape index (κ1) is 23.0. The van der Waals surface area contributed by atoms with Crippen molar-refractivity contribution in [3.63, 3.8) is 0 Å². The van der Waals surface area contributed by atoms with Crippen LogP contribution in [0.3, 0.4) is 0 Å². The highest BCUT2D eigenvalue weighted by atomic mass is 16.2. The molecule has 2 aliphatic rings. The molecule has 0 aliphatic carbocycles. The molecule has 9 nitrogen and oxygen atoms in total. The molecule has 2 heterocycles. The molecule has 1 unspecified atom stereocenters.